The average molecular weight is 436 g/mol. The predicted molar refractivity (Wildman–Crippen MR) is 121 cm³/mol. The number of hydrogen-bond donors (Lipinski definition) is 1. The number of hydrogen-bond acceptors (Lipinski definition) is 5. The van der Waals surface area contributed by atoms with Crippen LogP contribution in [0.15, 0.2) is 48.5 Å². The molecule has 2 aliphatic heterocycles. The summed E-state index contributed by atoms with van der Waals surface area (Å²) in [6.07, 6.45) is 3.02. The van der Waals surface area contributed by atoms with Crippen LogP contribution in [0, 0.1) is 0 Å². The third-order valence-corrected chi connectivity index (χ3v) is 6.22. The SMILES string of the molecule is COc1cccc([C@@H](CNC(=O)CCCN2C(=O)c3ccccc3C2=O)N2CCCC2)c1. The number of carbonyl (C=O) groups excluding carboxylic acids is 3. The zero-order chi connectivity index (χ0) is 22.5. The number of rotatable bonds is 9. The molecule has 1 saturated heterocycles. The van der Waals surface area contributed by atoms with Gasteiger partial charge in [-0.25, -0.2) is 0 Å². The van der Waals surface area contributed by atoms with Gasteiger partial charge in [-0.05, 0) is 62.2 Å². The molecule has 2 aliphatic rings. The highest BCUT2D eigenvalue weighted by Crippen LogP contribution is 2.27. The van der Waals surface area contributed by atoms with Crippen molar-refractivity contribution in [1.29, 1.82) is 0 Å². The molecule has 32 heavy (non-hydrogen) atoms. The Labute approximate surface area is 188 Å². The summed E-state index contributed by atoms with van der Waals surface area (Å²) >= 11 is 0. The van der Waals surface area contributed by atoms with E-state index in [0.717, 1.165) is 37.2 Å². The summed E-state index contributed by atoms with van der Waals surface area (Å²) in [7, 11) is 1.65. The van der Waals surface area contributed by atoms with Crippen LogP contribution in [0.3, 0.4) is 0 Å². The van der Waals surface area contributed by atoms with Crippen LogP contribution in [-0.2, 0) is 4.79 Å². The maximum atomic E-state index is 12.5. The van der Waals surface area contributed by atoms with Crippen molar-refractivity contribution in [3.05, 3.63) is 65.2 Å². The van der Waals surface area contributed by atoms with Crippen LogP contribution in [-0.4, -0.2) is 60.8 Å². The molecule has 1 atom stereocenters. The van der Waals surface area contributed by atoms with E-state index in [0.29, 0.717) is 24.1 Å². The van der Waals surface area contributed by atoms with Gasteiger partial charge < -0.3 is 10.1 Å². The minimum atomic E-state index is -0.280. The standard InChI is InChI=1S/C25H29N3O4/c1-32-19-9-6-8-18(16-19)22(27-13-4-5-14-27)17-26-23(29)12-7-15-28-24(30)20-10-2-3-11-21(20)25(28)31/h2-3,6,8-11,16,22H,4-5,7,12-15,17H2,1H3,(H,26,29)/t22-/m1/s1. The molecular weight excluding hydrogens is 406 g/mol. The molecule has 4 rings (SSSR count). The molecule has 168 valence electrons. The number of imide groups is 1. The summed E-state index contributed by atoms with van der Waals surface area (Å²) in [5.74, 6) is 0.170. The quantitative estimate of drug-likeness (QED) is 0.613. The topological polar surface area (TPSA) is 79.0 Å². The molecule has 3 amide bonds. The monoisotopic (exact) mass is 435 g/mol. The molecule has 0 unspecified atom stereocenters. The van der Waals surface area contributed by atoms with Gasteiger partial charge in [0, 0.05) is 19.5 Å². The Balaban J connectivity index is 1.30. The fourth-order valence-corrected chi connectivity index (χ4v) is 4.50. The second kappa shape index (κ2) is 9.96. The van der Waals surface area contributed by atoms with E-state index in [4.69, 9.17) is 4.74 Å². The molecule has 0 aromatic heterocycles. The van der Waals surface area contributed by atoms with Gasteiger partial charge in [0.2, 0.25) is 5.91 Å². The summed E-state index contributed by atoms with van der Waals surface area (Å²) in [6, 6.07) is 14.9. The lowest BCUT2D eigenvalue weighted by Gasteiger charge is -2.28. The van der Waals surface area contributed by atoms with Gasteiger partial charge in [-0.1, -0.05) is 24.3 Å². The Kier molecular flexibility index (Phi) is 6.85. The largest absolute Gasteiger partial charge is 0.497 e. The Morgan fingerprint density at radius 1 is 1.03 bits per heavy atom. The molecule has 0 spiro atoms. The van der Waals surface area contributed by atoms with Gasteiger partial charge in [-0.2, -0.15) is 0 Å². The Morgan fingerprint density at radius 2 is 1.72 bits per heavy atom. The fraction of sp³-hybridized carbons (Fsp3) is 0.400. The molecule has 1 fully saturated rings. The lowest BCUT2D eigenvalue weighted by molar-refractivity contribution is -0.121. The van der Waals surface area contributed by atoms with Crippen LogP contribution in [0.5, 0.6) is 5.75 Å². The van der Waals surface area contributed by atoms with Gasteiger partial charge in [-0.15, -0.1) is 0 Å². The van der Waals surface area contributed by atoms with Crippen LogP contribution >= 0.6 is 0 Å². The summed E-state index contributed by atoms with van der Waals surface area (Å²) < 4.78 is 5.37. The Morgan fingerprint density at radius 3 is 2.38 bits per heavy atom. The lowest BCUT2D eigenvalue weighted by atomic mass is 10.0. The molecule has 0 aliphatic carbocycles. The van der Waals surface area contributed by atoms with Crippen molar-refractivity contribution in [1.82, 2.24) is 15.1 Å². The van der Waals surface area contributed by atoms with Crippen LogP contribution in [0.4, 0.5) is 0 Å². The molecule has 0 bridgehead atoms. The van der Waals surface area contributed by atoms with E-state index in [1.807, 2.05) is 18.2 Å². The van der Waals surface area contributed by atoms with Crippen molar-refractivity contribution in [2.24, 2.45) is 0 Å². The first kappa shape index (κ1) is 22.0. The molecule has 2 aromatic rings. The predicted octanol–water partition coefficient (Wildman–Crippen LogP) is 3.02. The number of carbonyl (C=O) groups is 3. The van der Waals surface area contributed by atoms with E-state index in [-0.39, 0.29) is 36.7 Å². The van der Waals surface area contributed by atoms with Gasteiger partial charge in [0.25, 0.3) is 11.8 Å². The van der Waals surface area contributed by atoms with Gasteiger partial charge in [0.05, 0.1) is 24.3 Å². The maximum absolute atomic E-state index is 12.5. The third kappa shape index (κ3) is 4.67. The first-order valence-electron chi connectivity index (χ1n) is 11.2. The van der Waals surface area contributed by atoms with Crippen LogP contribution in [0.2, 0.25) is 0 Å². The Bertz CT molecular complexity index is 965. The van der Waals surface area contributed by atoms with Crippen molar-refractivity contribution >= 4 is 17.7 Å². The fourth-order valence-electron chi connectivity index (χ4n) is 4.50. The number of amides is 3. The zero-order valence-electron chi connectivity index (χ0n) is 18.4. The molecule has 0 saturated carbocycles. The third-order valence-electron chi connectivity index (χ3n) is 6.22. The van der Waals surface area contributed by atoms with Crippen molar-refractivity contribution < 1.29 is 19.1 Å². The van der Waals surface area contributed by atoms with Gasteiger partial charge in [0.15, 0.2) is 0 Å². The molecule has 0 radical (unpaired) electrons. The van der Waals surface area contributed by atoms with E-state index < -0.39 is 0 Å². The number of ether oxygens (including phenoxy) is 1. The second-order valence-electron chi connectivity index (χ2n) is 8.25. The maximum Gasteiger partial charge on any atom is 0.261 e. The second-order valence-corrected chi connectivity index (χ2v) is 8.25. The van der Waals surface area contributed by atoms with Crippen molar-refractivity contribution in [3.63, 3.8) is 0 Å². The van der Waals surface area contributed by atoms with E-state index in [9.17, 15) is 14.4 Å². The minimum Gasteiger partial charge on any atom is -0.497 e. The van der Waals surface area contributed by atoms with E-state index in [1.165, 1.54) is 4.90 Å². The van der Waals surface area contributed by atoms with Crippen molar-refractivity contribution in [2.45, 2.75) is 31.7 Å². The smallest absolute Gasteiger partial charge is 0.261 e. The Hall–Kier alpha value is -3.19. The van der Waals surface area contributed by atoms with E-state index >= 15 is 0 Å². The van der Waals surface area contributed by atoms with Gasteiger partial charge in [-0.3, -0.25) is 24.2 Å². The summed E-state index contributed by atoms with van der Waals surface area (Å²) in [5.41, 5.74) is 2.00. The number of benzene rings is 2. The molecule has 2 heterocycles. The van der Waals surface area contributed by atoms with E-state index in [2.05, 4.69) is 16.3 Å². The molecule has 7 heteroatoms. The minimum absolute atomic E-state index is 0.0753. The molecule has 2 aromatic carbocycles. The number of likely N-dealkylation sites (tertiary alicyclic amines) is 1. The molecule has 7 nitrogen and oxygen atoms in total. The van der Waals surface area contributed by atoms with Crippen LogP contribution in [0.1, 0.15) is 58.0 Å². The number of fused-ring (bicyclic) bond motifs is 1. The number of methoxy groups -OCH3 is 1. The normalized spacial score (nSPS) is 16.8. The van der Waals surface area contributed by atoms with Crippen molar-refractivity contribution in [2.75, 3.05) is 33.3 Å². The summed E-state index contributed by atoms with van der Waals surface area (Å²) in [6.45, 7) is 2.78. The van der Waals surface area contributed by atoms with Gasteiger partial charge in [0.1, 0.15) is 5.75 Å². The van der Waals surface area contributed by atoms with E-state index in [1.54, 1.807) is 31.4 Å². The van der Waals surface area contributed by atoms with Gasteiger partial charge >= 0.3 is 0 Å². The highest BCUT2D eigenvalue weighted by Gasteiger charge is 2.34. The van der Waals surface area contributed by atoms with Crippen LogP contribution in [0.25, 0.3) is 0 Å². The zero-order valence-corrected chi connectivity index (χ0v) is 18.4. The summed E-state index contributed by atoms with van der Waals surface area (Å²) in [5, 5.41) is 3.05. The first-order chi connectivity index (χ1) is 15.6. The highest BCUT2D eigenvalue weighted by atomic mass is 16.5. The molecule has 1 N–H and O–H groups in total. The van der Waals surface area contributed by atoms with Crippen molar-refractivity contribution in [3.8, 4) is 5.75 Å². The molecular formula is C25H29N3O4. The summed E-state index contributed by atoms with van der Waals surface area (Å²) in [4.78, 5) is 41.0. The highest BCUT2D eigenvalue weighted by molar-refractivity contribution is 6.21. The lowest BCUT2D eigenvalue weighted by Crippen LogP contribution is -2.37. The van der Waals surface area contributed by atoms with Crippen LogP contribution < -0.4 is 10.1 Å². The first-order valence-corrected chi connectivity index (χ1v) is 11.2. The number of nitrogens with zero attached hydrogens (tertiary/aromatic N) is 2. The number of nitrogens with one attached hydrogen (secondary N) is 1. The average Bonchev–Trinajstić information content (AvgIpc) is 3.43.